The lowest BCUT2D eigenvalue weighted by molar-refractivity contribution is -0.109. The zero-order chi connectivity index (χ0) is 13.8. The van der Waals surface area contributed by atoms with Crippen LogP contribution >= 0.6 is 11.6 Å². The quantitative estimate of drug-likeness (QED) is 0.677. The highest BCUT2D eigenvalue weighted by Crippen LogP contribution is 2.14. The van der Waals surface area contributed by atoms with Crippen LogP contribution in [0.5, 0.6) is 0 Å². The van der Waals surface area contributed by atoms with Crippen molar-refractivity contribution in [2.75, 3.05) is 0 Å². The standard InChI is InChI=1S/C12H15ClN2O3/c1-12(2,3)18-11(17)15-9(7-16)8-4-5-10(13)14-6-8/h4-7,9H,1-3H3,(H,15,17). The van der Waals surface area contributed by atoms with Crippen LogP contribution in [0.25, 0.3) is 0 Å². The summed E-state index contributed by atoms with van der Waals surface area (Å²) in [6, 6.07) is 2.36. The minimum Gasteiger partial charge on any atom is -0.444 e. The van der Waals surface area contributed by atoms with Crippen molar-refractivity contribution in [3.05, 3.63) is 29.0 Å². The summed E-state index contributed by atoms with van der Waals surface area (Å²) in [4.78, 5) is 26.3. The first-order valence-electron chi connectivity index (χ1n) is 5.38. The van der Waals surface area contributed by atoms with E-state index in [2.05, 4.69) is 10.3 Å². The van der Waals surface area contributed by atoms with Gasteiger partial charge in [0.15, 0.2) is 0 Å². The van der Waals surface area contributed by atoms with E-state index in [-0.39, 0.29) is 0 Å². The zero-order valence-electron chi connectivity index (χ0n) is 10.4. The van der Waals surface area contributed by atoms with Crippen LogP contribution in [0, 0.1) is 0 Å². The number of alkyl carbamates (subject to hydrolysis) is 1. The second-order valence-electron chi connectivity index (χ2n) is 4.67. The van der Waals surface area contributed by atoms with E-state index in [4.69, 9.17) is 16.3 Å². The summed E-state index contributed by atoms with van der Waals surface area (Å²) in [6.07, 6.45) is 1.38. The van der Waals surface area contributed by atoms with Crippen LogP contribution in [0.2, 0.25) is 5.15 Å². The Morgan fingerprint density at radius 3 is 2.61 bits per heavy atom. The van der Waals surface area contributed by atoms with Gasteiger partial charge in [0.05, 0.1) is 0 Å². The van der Waals surface area contributed by atoms with Crippen LogP contribution in [0.1, 0.15) is 32.4 Å². The van der Waals surface area contributed by atoms with Crippen LogP contribution in [-0.2, 0) is 9.53 Å². The number of carbonyl (C=O) groups excluding carboxylic acids is 2. The Balaban J connectivity index is 2.71. The Bertz CT molecular complexity index is 426. The maximum atomic E-state index is 11.5. The topological polar surface area (TPSA) is 68.3 Å². The Labute approximate surface area is 110 Å². The van der Waals surface area contributed by atoms with Gasteiger partial charge in [-0.05, 0) is 26.8 Å². The second kappa shape index (κ2) is 5.82. The highest BCUT2D eigenvalue weighted by molar-refractivity contribution is 6.29. The lowest BCUT2D eigenvalue weighted by Gasteiger charge is -2.21. The summed E-state index contributed by atoms with van der Waals surface area (Å²) in [5.41, 5.74) is -0.0734. The van der Waals surface area contributed by atoms with Crippen LogP contribution < -0.4 is 5.32 Å². The molecule has 0 bridgehead atoms. The van der Waals surface area contributed by atoms with E-state index in [1.54, 1.807) is 32.9 Å². The molecule has 0 saturated heterocycles. The zero-order valence-corrected chi connectivity index (χ0v) is 11.2. The summed E-state index contributed by atoms with van der Waals surface area (Å²) < 4.78 is 5.06. The van der Waals surface area contributed by atoms with Crippen molar-refractivity contribution in [2.24, 2.45) is 0 Å². The molecule has 1 atom stereocenters. The first-order chi connectivity index (χ1) is 8.31. The molecule has 0 spiro atoms. The van der Waals surface area contributed by atoms with Gasteiger partial charge in [0.1, 0.15) is 23.1 Å². The van der Waals surface area contributed by atoms with Gasteiger partial charge in [-0.15, -0.1) is 0 Å². The molecule has 1 amide bonds. The molecule has 1 heterocycles. The number of carbonyl (C=O) groups is 2. The number of pyridine rings is 1. The number of aromatic nitrogens is 1. The number of amides is 1. The lowest BCUT2D eigenvalue weighted by Crippen LogP contribution is -2.35. The SMILES string of the molecule is CC(C)(C)OC(=O)NC(C=O)c1ccc(Cl)nc1. The fourth-order valence-corrected chi connectivity index (χ4v) is 1.31. The molecule has 0 aromatic carbocycles. The third-order valence-electron chi connectivity index (χ3n) is 1.92. The summed E-state index contributed by atoms with van der Waals surface area (Å²) in [5.74, 6) is 0. The van der Waals surface area contributed by atoms with E-state index in [1.807, 2.05) is 0 Å². The van der Waals surface area contributed by atoms with Crippen molar-refractivity contribution in [1.82, 2.24) is 10.3 Å². The molecule has 1 rings (SSSR count). The first kappa shape index (κ1) is 14.4. The molecule has 0 aliphatic rings. The van der Waals surface area contributed by atoms with E-state index >= 15 is 0 Å². The highest BCUT2D eigenvalue weighted by atomic mass is 35.5. The van der Waals surface area contributed by atoms with Gasteiger partial charge in [-0.1, -0.05) is 17.7 Å². The van der Waals surface area contributed by atoms with E-state index in [0.29, 0.717) is 17.0 Å². The summed E-state index contributed by atoms with van der Waals surface area (Å²) in [5, 5.41) is 2.77. The molecule has 0 aliphatic carbocycles. The van der Waals surface area contributed by atoms with E-state index in [1.165, 1.54) is 6.20 Å². The van der Waals surface area contributed by atoms with Crippen LogP contribution in [0.3, 0.4) is 0 Å². The Morgan fingerprint density at radius 2 is 2.17 bits per heavy atom. The van der Waals surface area contributed by atoms with Crippen molar-refractivity contribution in [2.45, 2.75) is 32.4 Å². The van der Waals surface area contributed by atoms with Crippen molar-refractivity contribution in [3.8, 4) is 0 Å². The van der Waals surface area contributed by atoms with Gasteiger partial charge in [0, 0.05) is 11.8 Å². The number of rotatable bonds is 3. The molecule has 5 nitrogen and oxygen atoms in total. The van der Waals surface area contributed by atoms with Gasteiger partial charge < -0.3 is 14.8 Å². The molecule has 0 saturated carbocycles. The normalized spacial score (nSPS) is 12.7. The average molecular weight is 271 g/mol. The molecule has 6 heteroatoms. The number of hydrogen-bond donors (Lipinski definition) is 1. The van der Waals surface area contributed by atoms with Gasteiger partial charge >= 0.3 is 6.09 Å². The Kier molecular flexibility index (Phi) is 4.67. The maximum absolute atomic E-state index is 11.5. The molecular formula is C12H15ClN2O3. The van der Waals surface area contributed by atoms with Crippen molar-refractivity contribution >= 4 is 24.0 Å². The van der Waals surface area contributed by atoms with Crippen molar-refractivity contribution < 1.29 is 14.3 Å². The molecule has 0 aliphatic heterocycles. The first-order valence-corrected chi connectivity index (χ1v) is 5.76. The summed E-state index contributed by atoms with van der Waals surface area (Å²) >= 11 is 5.64. The molecule has 18 heavy (non-hydrogen) atoms. The largest absolute Gasteiger partial charge is 0.444 e. The fraction of sp³-hybridized carbons (Fsp3) is 0.417. The summed E-state index contributed by atoms with van der Waals surface area (Å²) in [6.45, 7) is 5.23. The number of nitrogens with one attached hydrogen (secondary N) is 1. The number of hydrogen-bond acceptors (Lipinski definition) is 4. The van der Waals surface area contributed by atoms with Crippen LogP contribution in [0.15, 0.2) is 18.3 Å². The Hall–Kier alpha value is -1.62. The predicted octanol–water partition coefficient (Wildman–Crippen LogP) is 2.50. The fourth-order valence-electron chi connectivity index (χ4n) is 1.20. The molecule has 1 aromatic rings. The van der Waals surface area contributed by atoms with Crippen molar-refractivity contribution in [1.29, 1.82) is 0 Å². The maximum Gasteiger partial charge on any atom is 0.408 e. The molecule has 0 fully saturated rings. The lowest BCUT2D eigenvalue weighted by atomic mass is 10.1. The van der Waals surface area contributed by atoms with Crippen LogP contribution in [0.4, 0.5) is 4.79 Å². The van der Waals surface area contributed by atoms with Crippen molar-refractivity contribution in [3.63, 3.8) is 0 Å². The highest BCUT2D eigenvalue weighted by Gasteiger charge is 2.20. The minimum absolute atomic E-state index is 0.320. The molecular weight excluding hydrogens is 256 g/mol. The van der Waals surface area contributed by atoms with Gasteiger partial charge in [0.25, 0.3) is 0 Å². The van der Waals surface area contributed by atoms with Gasteiger partial charge in [-0.3, -0.25) is 0 Å². The van der Waals surface area contributed by atoms with E-state index in [9.17, 15) is 9.59 Å². The third-order valence-corrected chi connectivity index (χ3v) is 2.14. The molecule has 98 valence electrons. The molecule has 1 unspecified atom stereocenters. The monoisotopic (exact) mass is 270 g/mol. The number of halogens is 1. The third kappa shape index (κ3) is 4.71. The van der Waals surface area contributed by atoms with Gasteiger partial charge in [-0.25, -0.2) is 9.78 Å². The predicted molar refractivity (Wildman–Crippen MR) is 67.4 cm³/mol. The number of nitrogens with zero attached hydrogens (tertiary/aromatic N) is 1. The molecule has 1 aromatic heterocycles. The average Bonchev–Trinajstić information content (AvgIpc) is 2.25. The van der Waals surface area contributed by atoms with Gasteiger partial charge in [-0.2, -0.15) is 0 Å². The molecule has 1 N–H and O–H groups in total. The van der Waals surface area contributed by atoms with E-state index in [0.717, 1.165) is 0 Å². The summed E-state index contributed by atoms with van der Waals surface area (Å²) in [7, 11) is 0. The number of aldehydes is 1. The molecule has 0 radical (unpaired) electrons. The van der Waals surface area contributed by atoms with Gasteiger partial charge in [0.2, 0.25) is 0 Å². The van der Waals surface area contributed by atoms with E-state index < -0.39 is 17.7 Å². The van der Waals surface area contributed by atoms with Crippen LogP contribution in [-0.4, -0.2) is 23.0 Å². The minimum atomic E-state index is -0.801. The second-order valence-corrected chi connectivity index (χ2v) is 5.06. The number of ether oxygens (including phenoxy) is 1. The Morgan fingerprint density at radius 1 is 1.50 bits per heavy atom. The smallest absolute Gasteiger partial charge is 0.408 e.